The van der Waals surface area contributed by atoms with Crippen LogP contribution in [-0.4, -0.2) is 4.98 Å². The molecular weight excluding hydrogens is 271 g/mol. The van der Waals surface area contributed by atoms with Gasteiger partial charge < -0.3 is 5.73 Å². The molecule has 20 heavy (non-hydrogen) atoms. The molecule has 0 saturated carbocycles. The minimum absolute atomic E-state index is 0.0499. The average molecular weight is 290 g/mol. The summed E-state index contributed by atoms with van der Waals surface area (Å²) in [7, 11) is 0. The summed E-state index contributed by atoms with van der Waals surface area (Å²) in [5.74, 6) is -0.219. The largest absolute Gasteiger partial charge is 0.323 e. The minimum atomic E-state index is -0.219. The second kappa shape index (κ2) is 4.64. The normalized spacial score (nSPS) is 20.8. The number of aryl methyl sites for hydroxylation is 1. The molecule has 0 spiro atoms. The van der Waals surface area contributed by atoms with Gasteiger partial charge in [-0.25, -0.2) is 9.37 Å². The van der Waals surface area contributed by atoms with Crippen LogP contribution >= 0.6 is 11.3 Å². The molecule has 0 amide bonds. The first kappa shape index (κ1) is 13.7. The number of thiazole rings is 1. The molecule has 1 aliphatic rings. The molecule has 4 heteroatoms. The van der Waals surface area contributed by atoms with Crippen molar-refractivity contribution in [2.75, 3.05) is 0 Å². The van der Waals surface area contributed by atoms with Gasteiger partial charge >= 0.3 is 0 Å². The van der Waals surface area contributed by atoms with E-state index in [1.807, 2.05) is 6.92 Å². The van der Waals surface area contributed by atoms with Crippen LogP contribution in [-0.2, 0) is 6.42 Å². The third-order valence-electron chi connectivity index (χ3n) is 3.91. The molecule has 1 aromatic carbocycles. The first-order chi connectivity index (χ1) is 9.35. The second-order valence-electron chi connectivity index (χ2n) is 6.44. The second-order valence-corrected chi connectivity index (χ2v) is 7.47. The minimum Gasteiger partial charge on any atom is -0.323 e. The van der Waals surface area contributed by atoms with Crippen LogP contribution in [0.3, 0.4) is 0 Å². The summed E-state index contributed by atoms with van der Waals surface area (Å²) in [4.78, 5) is 5.91. The van der Waals surface area contributed by atoms with Gasteiger partial charge in [0.1, 0.15) is 10.8 Å². The Balaban J connectivity index is 2.08. The lowest BCUT2D eigenvalue weighted by atomic mass is 9.77. The van der Waals surface area contributed by atoms with Crippen molar-refractivity contribution in [1.82, 2.24) is 4.98 Å². The molecule has 2 aromatic rings. The molecule has 2 N–H and O–H groups in total. The Morgan fingerprint density at radius 2 is 2.15 bits per heavy atom. The van der Waals surface area contributed by atoms with Crippen molar-refractivity contribution in [3.63, 3.8) is 0 Å². The van der Waals surface area contributed by atoms with E-state index in [2.05, 4.69) is 13.8 Å². The Hall–Kier alpha value is -1.26. The van der Waals surface area contributed by atoms with Gasteiger partial charge in [0, 0.05) is 16.5 Å². The van der Waals surface area contributed by atoms with Gasteiger partial charge in [0.25, 0.3) is 0 Å². The molecule has 0 bridgehead atoms. The molecule has 106 valence electrons. The highest BCUT2D eigenvalue weighted by Crippen LogP contribution is 2.44. The van der Waals surface area contributed by atoms with Crippen molar-refractivity contribution in [3.05, 3.63) is 40.2 Å². The van der Waals surface area contributed by atoms with Crippen molar-refractivity contribution in [2.45, 2.75) is 39.7 Å². The van der Waals surface area contributed by atoms with Crippen LogP contribution in [0.2, 0.25) is 0 Å². The lowest BCUT2D eigenvalue weighted by Gasteiger charge is -2.32. The summed E-state index contributed by atoms with van der Waals surface area (Å²) in [5.41, 5.74) is 9.49. The number of nitrogens with zero attached hydrogens (tertiary/aromatic N) is 1. The smallest absolute Gasteiger partial charge is 0.124 e. The first-order valence-corrected chi connectivity index (χ1v) is 7.69. The Labute approximate surface area is 122 Å². The molecular formula is C16H19FN2S. The maximum atomic E-state index is 13.5. The Morgan fingerprint density at radius 1 is 1.40 bits per heavy atom. The lowest BCUT2D eigenvalue weighted by Crippen LogP contribution is -2.28. The predicted molar refractivity (Wildman–Crippen MR) is 81.3 cm³/mol. The van der Waals surface area contributed by atoms with E-state index in [1.165, 1.54) is 10.9 Å². The van der Waals surface area contributed by atoms with Crippen LogP contribution in [0, 0.1) is 18.2 Å². The number of hydrogen-bond donors (Lipinski definition) is 1. The summed E-state index contributed by atoms with van der Waals surface area (Å²) < 4.78 is 13.5. The molecule has 1 aliphatic carbocycles. The quantitative estimate of drug-likeness (QED) is 0.853. The third kappa shape index (κ3) is 2.38. The van der Waals surface area contributed by atoms with Crippen molar-refractivity contribution in [2.24, 2.45) is 11.1 Å². The third-order valence-corrected chi connectivity index (χ3v) is 5.18. The monoisotopic (exact) mass is 290 g/mol. The van der Waals surface area contributed by atoms with Gasteiger partial charge in [0.05, 0.1) is 5.69 Å². The zero-order valence-corrected chi connectivity index (χ0v) is 12.9. The van der Waals surface area contributed by atoms with Gasteiger partial charge in [0.15, 0.2) is 0 Å². The van der Waals surface area contributed by atoms with Gasteiger partial charge in [-0.15, -0.1) is 11.3 Å². The molecule has 0 aliphatic heterocycles. The maximum Gasteiger partial charge on any atom is 0.124 e. The molecule has 1 atom stereocenters. The van der Waals surface area contributed by atoms with Crippen LogP contribution < -0.4 is 5.73 Å². The first-order valence-electron chi connectivity index (χ1n) is 6.87. The van der Waals surface area contributed by atoms with E-state index in [1.54, 1.807) is 23.5 Å². The van der Waals surface area contributed by atoms with E-state index in [0.717, 1.165) is 34.7 Å². The fourth-order valence-corrected chi connectivity index (χ4v) is 4.10. The molecule has 0 radical (unpaired) electrons. The molecule has 3 rings (SSSR count). The van der Waals surface area contributed by atoms with Gasteiger partial charge in [-0.1, -0.05) is 19.9 Å². The highest BCUT2D eigenvalue weighted by molar-refractivity contribution is 7.15. The van der Waals surface area contributed by atoms with E-state index in [-0.39, 0.29) is 17.3 Å². The van der Waals surface area contributed by atoms with Gasteiger partial charge in [-0.2, -0.15) is 0 Å². The molecule has 1 aromatic heterocycles. The van der Waals surface area contributed by atoms with Crippen molar-refractivity contribution in [3.8, 4) is 10.6 Å². The van der Waals surface area contributed by atoms with Crippen LogP contribution in [0.25, 0.3) is 10.6 Å². The van der Waals surface area contributed by atoms with Crippen LogP contribution in [0.15, 0.2) is 18.2 Å². The molecule has 0 saturated heterocycles. The highest BCUT2D eigenvalue weighted by atomic mass is 32.1. The number of hydrogen-bond acceptors (Lipinski definition) is 3. The zero-order valence-electron chi connectivity index (χ0n) is 12.0. The van der Waals surface area contributed by atoms with E-state index < -0.39 is 0 Å². The van der Waals surface area contributed by atoms with Crippen molar-refractivity contribution >= 4 is 11.3 Å². The SMILES string of the molecule is Cc1ccc(F)cc1-c1nc2c(s1)C(N)CC(C)(C)C2. The highest BCUT2D eigenvalue weighted by Gasteiger charge is 2.33. The molecule has 0 fully saturated rings. The number of halogens is 1. The standard InChI is InChI=1S/C16H19FN2S/c1-9-4-5-10(17)6-11(9)15-19-13-8-16(2,3)7-12(18)14(13)20-15/h4-6,12H,7-8,18H2,1-3H3. The van der Waals surface area contributed by atoms with Crippen molar-refractivity contribution < 1.29 is 4.39 Å². The van der Waals surface area contributed by atoms with Gasteiger partial charge in [0.2, 0.25) is 0 Å². The maximum absolute atomic E-state index is 13.5. The summed E-state index contributed by atoms with van der Waals surface area (Å²) in [6, 6.07) is 4.90. The lowest BCUT2D eigenvalue weighted by molar-refractivity contribution is 0.282. The Morgan fingerprint density at radius 3 is 2.90 bits per heavy atom. The average Bonchev–Trinajstić information content (AvgIpc) is 2.74. The summed E-state index contributed by atoms with van der Waals surface area (Å²) >= 11 is 1.62. The summed E-state index contributed by atoms with van der Waals surface area (Å²) in [6.07, 6.45) is 1.92. The predicted octanol–water partition coefficient (Wildman–Crippen LogP) is 4.23. The Bertz CT molecular complexity index is 660. The number of aromatic nitrogens is 1. The molecule has 1 heterocycles. The summed E-state index contributed by atoms with van der Waals surface area (Å²) in [5, 5.41) is 0.889. The van der Waals surface area contributed by atoms with Gasteiger partial charge in [-0.05, 0) is 42.9 Å². The van der Waals surface area contributed by atoms with Gasteiger partial charge in [-0.3, -0.25) is 0 Å². The van der Waals surface area contributed by atoms with E-state index in [0.29, 0.717) is 0 Å². The number of nitrogens with two attached hydrogens (primary N) is 1. The van der Waals surface area contributed by atoms with Crippen LogP contribution in [0.1, 0.15) is 42.4 Å². The zero-order chi connectivity index (χ0) is 14.5. The van der Waals surface area contributed by atoms with Crippen LogP contribution in [0.5, 0.6) is 0 Å². The number of fused-ring (bicyclic) bond motifs is 1. The topological polar surface area (TPSA) is 38.9 Å². The van der Waals surface area contributed by atoms with E-state index >= 15 is 0 Å². The molecule has 2 nitrogen and oxygen atoms in total. The van der Waals surface area contributed by atoms with E-state index in [4.69, 9.17) is 10.7 Å². The number of benzene rings is 1. The summed E-state index contributed by atoms with van der Waals surface area (Å²) in [6.45, 7) is 6.43. The fourth-order valence-electron chi connectivity index (χ4n) is 2.93. The van der Waals surface area contributed by atoms with Crippen molar-refractivity contribution in [1.29, 1.82) is 0 Å². The van der Waals surface area contributed by atoms with E-state index in [9.17, 15) is 4.39 Å². The fraction of sp³-hybridized carbons (Fsp3) is 0.438. The van der Waals surface area contributed by atoms with Crippen LogP contribution in [0.4, 0.5) is 4.39 Å². The Kier molecular flexibility index (Phi) is 3.18. The molecule has 1 unspecified atom stereocenters. The number of rotatable bonds is 1.